The minimum absolute atomic E-state index is 0.0175. The molecule has 1 aliphatic carbocycles. The van der Waals surface area contributed by atoms with E-state index in [0.29, 0.717) is 5.92 Å². The summed E-state index contributed by atoms with van der Waals surface area (Å²) in [5, 5.41) is 2.84. The maximum Gasteiger partial charge on any atom is 0.242 e. The second-order valence-electron chi connectivity index (χ2n) is 5.68. The Kier molecular flexibility index (Phi) is 3.90. The highest BCUT2D eigenvalue weighted by Gasteiger charge is 2.43. The quantitative estimate of drug-likeness (QED) is 0.756. The van der Waals surface area contributed by atoms with Crippen LogP contribution in [0.1, 0.15) is 39.0 Å². The molecule has 0 atom stereocenters. The van der Waals surface area contributed by atoms with Gasteiger partial charge in [0.15, 0.2) is 0 Å². The standard InChI is InChI=1S/C13H23N3O2/c1-10(17)15-9-11-3-7-16(8-4-11)12(18)13(14)5-2-6-13/h11H,2-9,14H2,1H3,(H,15,17). The molecular weight excluding hydrogens is 230 g/mol. The summed E-state index contributed by atoms with van der Waals surface area (Å²) in [6.07, 6.45) is 4.65. The van der Waals surface area contributed by atoms with Crippen molar-refractivity contribution in [2.75, 3.05) is 19.6 Å². The number of amides is 2. The molecule has 2 rings (SSSR count). The summed E-state index contributed by atoms with van der Waals surface area (Å²) in [5.41, 5.74) is 5.50. The molecule has 2 fully saturated rings. The fraction of sp³-hybridized carbons (Fsp3) is 0.846. The molecule has 1 saturated carbocycles. The number of hydrogen-bond donors (Lipinski definition) is 2. The first-order valence-electron chi connectivity index (χ1n) is 6.84. The first-order valence-corrected chi connectivity index (χ1v) is 6.84. The molecule has 0 radical (unpaired) electrons. The van der Waals surface area contributed by atoms with Crippen LogP contribution in [0.15, 0.2) is 0 Å². The van der Waals surface area contributed by atoms with Crippen molar-refractivity contribution in [3.8, 4) is 0 Å². The largest absolute Gasteiger partial charge is 0.356 e. The van der Waals surface area contributed by atoms with Gasteiger partial charge >= 0.3 is 0 Å². The molecule has 102 valence electrons. The number of nitrogens with one attached hydrogen (secondary N) is 1. The van der Waals surface area contributed by atoms with Gasteiger partial charge in [-0.05, 0) is 38.0 Å². The molecule has 2 aliphatic rings. The van der Waals surface area contributed by atoms with E-state index < -0.39 is 5.54 Å². The number of rotatable bonds is 3. The van der Waals surface area contributed by atoms with E-state index in [-0.39, 0.29) is 11.8 Å². The Bertz CT molecular complexity index is 331. The Morgan fingerprint density at radius 3 is 2.39 bits per heavy atom. The monoisotopic (exact) mass is 253 g/mol. The topological polar surface area (TPSA) is 75.4 Å². The smallest absolute Gasteiger partial charge is 0.242 e. The van der Waals surface area contributed by atoms with E-state index in [4.69, 9.17) is 5.73 Å². The van der Waals surface area contributed by atoms with Gasteiger partial charge in [0, 0.05) is 26.6 Å². The van der Waals surface area contributed by atoms with Crippen LogP contribution >= 0.6 is 0 Å². The molecule has 1 saturated heterocycles. The summed E-state index contributed by atoms with van der Waals surface area (Å²) in [6.45, 7) is 3.82. The van der Waals surface area contributed by atoms with Crippen molar-refractivity contribution in [3.63, 3.8) is 0 Å². The van der Waals surface area contributed by atoms with Crippen LogP contribution in [0, 0.1) is 5.92 Å². The molecule has 1 aliphatic heterocycles. The predicted octanol–water partition coefficient (Wildman–Crippen LogP) is 0.243. The van der Waals surface area contributed by atoms with E-state index in [9.17, 15) is 9.59 Å². The summed E-state index contributed by atoms with van der Waals surface area (Å²) >= 11 is 0. The Morgan fingerprint density at radius 1 is 1.33 bits per heavy atom. The SMILES string of the molecule is CC(=O)NCC1CCN(C(=O)C2(N)CCC2)CC1. The summed E-state index contributed by atoms with van der Waals surface area (Å²) in [7, 11) is 0. The van der Waals surface area contributed by atoms with E-state index in [2.05, 4.69) is 5.32 Å². The lowest BCUT2D eigenvalue weighted by Gasteiger charge is -2.42. The molecule has 5 nitrogen and oxygen atoms in total. The van der Waals surface area contributed by atoms with Crippen LogP contribution in [-0.2, 0) is 9.59 Å². The van der Waals surface area contributed by atoms with Crippen LogP contribution in [0.4, 0.5) is 0 Å². The summed E-state index contributed by atoms with van der Waals surface area (Å²) < 4.78 is 0. The minimum atomic E-state index is -0.565. The van der Waals surface area contributed by atoms with Crippen molar-refractivity contribution in [2.24, 2.45) is 11.7 Å². The average molecular weight is 253 g/mol. The zero-order valence-corrected chi connectivity index (χ0v) is 11.1. The van der Waals surface area contributed by atoms with Crippen molar-refractivity contribution < 1.29 is 9.59 Å². The van der Waals surface area contributed by atoms with Gasteiger partial charge in [-0.2, -0.15) is 0 Å². The van der Waals surface area contributed by atoms with Gasteiger partial charge in [0.25, 0.3) is 0 Å². The summed E-state index contributed by atoms with van der Waals surface area (Å²) in [6, 6.07) is 0. The number of carbonyl (C=O) groups is 2. The summed E-state index contributed by atoms with van der Waals surface area (Å²) in [5.74, 6) is 0.642. The van der Waals surface area contributed by atoms with Gasteiger partial charge in [0.05, 0.1) is 5.54 Å². The Hall–Kier alpha value is -1.10. The number of likely N-dealkylation sites (tertiary alicyclic amines) is 1. The number of carbonyl (C=O) groups excluding carboxylic acids is 2. The second-order valence-corrected chi connectivity index (χ2v) is 5.68. The zero-order valence-electron chi connectivity index (χ0n) is 11.1. The number of nitrogens with two attached hydrogens (primary N) is 1. The Morgan fingerprint density at radius 2 is 1.94 bits per heavy atom. The van der Waals surface area contributed by atoms with Gasteiger partial charge in [-0.25, -0.2) is 0 Å². The third kappa shape index (κ3) is 2.83. The lowest BCUT2D eigenvalue weighted by molar-refractivity contribution is -0.141. The molecule has 0 aromatic carbocycles. The average Bonchev–Trinajstić information content (AvgIpc) is 2.33. The first kappa shape index (κ1) is 13.3. The van der Waals surface area contributed by atoms with Crippen LogP contribution in [0.25, 0.3) is 0 Å². The zero-order chi connectivity index (χ0) is 13.2. The van der Waals surface area contributed by atoms with Gasteiger partial charge in [0.1, 0.15) is 0 Å². The molecule has 0 spiro atoms. The second kappa shape index (κ2) is 5.26. The molecule has 0 unspecified atom stereocenters. The molecule has 0 bridgehead atoms. The van der Waals surface area contributed by atoms with Gasteiger partial charge < -0.3 is 16.0 Å². The van der Waals surface area contributed by atoms with Crippen LogP contribution in [0.3, 0.4) is 0 Å². The highest BCUT2D eigenvalue weighted by molar-refractivity contribution is 5.87. The maximum absolute atomic E-state index is 12.2. The molecule has 5 heteroatoms. The van der Waals surface area contributed by atoms with Gasteiger partial charge in [-0.15, -0.1) is 0 Å². The van der Waals surface area contributed by atoms with Crippen molar-refractivity contribution >= 4 is 11.8 Å². The lowest BCUT2D eigenvalue weighted by Crippen LogP contribution is -2.60. The van der Waals surface area contributed by atoms with Crippen LogP contribution in [0.5, 0.6) is 0 Å². The maximum atomic E-state index is 12.2. The highest BCUT2D eigenvalue weighted by atomic mass is 16.2. The first-order chi connectivity index (χ1) is 8.51. The van der Waals surface area contributed by atoms with E-state index in [1.54, 1.807) is 0 Å². The Labute approximate surface area is 108 Å². The molecule has 18 heavy (non-hydrogen) atoms. The number of nitrogens with zero attached hydrogens (tertiary/aromatic N) is 1. The fourth-order valence-corrected chi connectivity index (χ4v) is 2.71. The van der Waals surface area contributed by atoms with Crippen LogP contribution in [-0.4, -0.2) is 41.9 Å². The molecule has 1 heterocycles. The van der Waals surface area contributed by atoms with Crippen LogP contribution in [0.2, 0.25) is 0 Å². The van der Waals surface area contributed by atoms with Crippen molar-refractivity contribution in [1.82, 2.24) is 10.2 Å². The molecule has 3 N–H and O–H groups in total. The van der Waals surface area contributed by atoms with Crippen molar-refractivity contribution in [1.29, 1.82) is 0 Å². The normalized spacial score (nSPS) is 23.3. The van der Waals surface area contributed by atoms with Crippen molar-refractivity contribution in [3.05, 3.63) is 0 Å². The molecule has 0 aromatic heterocycles. The molecule has 2 amide bonds. The van der Waals surface area contributed by atoms with Gasteiger partial charge in [0.2, 0.25) is 11.8 Å². The summed E-state index contributed by atoms with van der Waals surface area (Å²) in [4.78, 5) is 25.0. The van der Waals surface area contributed by atoms with E-state index in [1.807, 2.05) is 4.90 Å². The minimum Gasteiger partial charge on any atom is -0.356 e. The number of hydrogen-bond acceptors (Lipinski definition) is 3. The van der Waals surface area contributed by atoms with Gasteiger partial charge in [-0.1, -0.05) is 0 Å². The fourth-order valence-electron chi connectivity index (χ4n) is 2.71. The van der Waals surface area contributed by atoms with E-state index >= 15 is 0 Å². The third-order valence-electron chi connectivity index (χ3n) is 4.21. The van der Waals surface area contributed by atoms with E-state index in [0.717, 1.165) is 51.7 Å². The predicted molar refractivity (Wildman–Crippen MR) is 68.8 cm³/mol. The highest BCUT2D eigenvalue weighted by Crippen LogP contribution is 2.32. The van der Waals surface area contributed by atoms with Gasteiger partial charge in [-0.3, -0.25) is 9.59 Å². The van der Waals surface area contributed by atoms with Crippen molar-refractivity contribution in [2.45, 2.75) is 44.6 Å². The van der Waals surface area contributed by atoms with E-state index in [1.165, 1.54) is 6.92 Å². The third-order valence-corrected chi connectivity index (χ3v) is 4.21. The molecular formula is C13H23N3O2. The molecule has 0 aromatic rings. The Balaban J connectivity index is 1.76. The lowest BCUT2D eigenvalue weighted by atomic mass is 9.76. The van der Waals surface area contributed by atoms with Crippen LogP contribution < -0.4 is 11.1 Å². The number of piperidine rings is 1.